The minimum atomic E-state index is -0.0323. The van der Waals surface area contributed by atoms with Crippen molar-refractivity contribution >= 4 is 0 Å². The molecule has 106 valence electrons. The summed E-state index contributed by atoms with van der Waals surface area (Å²) in [5, 5.41) is 0. The fourth-order valence-corrected chi connectivity index (χ4v) is 1.85. The highest BCUT2D eigenvalue weighted by molar-refractivity contribution is 5.79. The molecular weight excluding hydrogens is 264 g/mol. The van der Waals surface area contributed by atoms with Crippen LogP contribution < -0.4 is 42.9 Å². The summed E-state index contributed by atoms with van der Waals surface area (Å²) in [5.41, 5.74) is 1.34. The second-order valence-electron chi connectivity index (χ2n) is 3.75. The summed E-state index contributed by atoms with van der Waals surface area (Å²) in [6.07, 6.45) is 0. The summed E-state index contributed by atoms with van der Waals surface area (Å²) >= 11 is 0. The molecule has 0 amide bonds. The van der Waals surface area contributed by atoms with Gasteiger partial charge in [-0.2, -0.15) is 23.6 Å². The van der Waals surface area contributed by atoms with Crippen molar-refractivity contribution in [3.8, 4) is 34.1 Å². The van der Waals surface area contributed by atoms with Crippen LogP contribution in [0.2, 0.25) is 0 Å². The van der Waals surface area contributed by atoms with Crippen LogP contribution in [0.25, 0.3) is 11.1 Å². The van der Waals surface area contributed by atoms with Crippen LogP contribution >= 0.6 is 0 Å². The van der Waals surface area contributed by atoms with Gasteiger partial charge in [-0.25, -0.2) is 0 Å². The zero-order chi connectivity index (χ0) is 14.5. The number of hydrogen-bond acceptors (Lipinski definition) is 8. The maximum atomic E-state index is 5.28. The molecule has 0 aromatic heterocycles. The van der Waals surface area contributed by atoms with Crippen LogP contribution in [-0.2, 0) is 0 Å². The Morgan fingerprint density at radius 3 is 1.75 bits per heavy atom. The molecule has 0 aliphatic rings. The Hall–Kier alpha value is -2.52. The first-order chi connectivity index (χ1) is 9.76. The number of nitrogens with two attached hydrogens (primary N) is 4. The van der Waals surface area contributed by atoms with E-state index in [1.54, 1.807) is 6.07 Å². The van der Waals surface area contributed by atoms with E-state index in [1.165, 1.54) is 0 Å². The molecule has 0 radical (unpaired) electrons. The van der Waals surface area contributed by atoms with Gasteiger partial charge in [0, 0.05) is 5.56 Å². The molecule has 0 aliphatic carbocycles. The van der Waals surface area contributed by atoms with Gasteiger partial charge in [0.15, 0.2) is 5.75 Å². The van der Waals surface area contributed by atoms with Crippen LogP contribution in [0.1, 0.15) is 0 Å². The lowest BCUT2D eigenvalue weighted by atomic mass is 10.0. The van der Waals surface area contributed by atoms with Crippen molar-refractivity contribution < 1.29 is 19.4 Å². The Morgan fingerprint density at radius 1 is 0.650 bits per heavy atom. The Morgan fingerprint density at radius 2 is 1.25 bits per heavy atom. The Kier molecular flexibility index (Phi) is 4.23. The van der Waals surface area contributed by atoms with Gasteiger partial charge in [-0.15, -0.1) is 0 Å². The van der Waals surface area contributed by atoms with Crippen LogP contribution in [0.3, 0.4) is 0 Å². The lowest BCUT2D eigenvalue weighted by Gasteiger charge is -2.16. The van der Waals surface area contributed by atoms with Gasteiger partial charge in [0.1, 0.15) is 0 Å². The van der Waals surface area contributed by atoms with Gasteiger partial charge in [-0.3, -0.25) is 0 Å². The first-order valence-electron chi connectivity index (χ1n) is 5.50. The predicted octanol–water partition coefficient (Wildman–Crippen LogP) is 0.364. The minimum Gasteiger partial charge on any atom is -0.407 e. The standard InChI is InChI=1S/C12H14N4O4/c13-17-9-6-8(7-4-2-1-3-5-7)10(18-14)12(20-16)11(9)19-15/h1-6H,13-16H2. The third-order valence-corrected chi connectivity index (χ3v) is 2.72. The van der Waals surface area contributed by atoms with Gasteiger partial charge in [0.05, 0.1) is 0 Å². The molecule has 0 saturated carbocycles. The summed E-state index contributed by atoms with van der Waals surface area (Å²) in [6, 6.07) is 10.8. The first kappa shape index (κ1) is 13.9. The van der Waals surface area contributed by atoms with E-state index in [0.29, 0.717) is 5.56 Å². The molecule has 0 fully saturated rings. The summed E-state index contributed by atoms with van der Waals surface area (Å²) in [7, 11) is 0. The summed E-state index contributed by atoms with van der Waals surface area (Å²) in [4.78, 5) is 18.9. The van der Waals surface area contributed by atoms with Gasteiger partial charge in [0.2, 0.25) is 17.2 Å². The van der Waals surface area contributed by atoms with E-state index in [1.807, 2.05) is 30.3 Å². The second-order valence-corrected chi connectivity index (χ2v) is 3.75. The smallest absolute Gasteiger partial charge is 0.240 e. The average molecular weight is 278 g/mol. The quantitative estimate of drug-likeness (QED) is 0.574. The lowest BCUT2D eigenvalue weighted by molar-refractivity contribution is 0.237. The van der Waals surface area contributed by atoms with E-state index in [4.69, 9.17) is 38.1 Å². The molecule has 8 N–H and O–H groups in total. The maximum Gasteiger partial charge on any atom is 0.240 e. The Balaban J connectivity index is 2.74. The molecule has 8 heteroatoms. The molecule has 0 atom stereocenters. The Labute approximate surface area is 114 Å². The van der Waals surface area contributed by atoms with E-state index in [9.17, 15) is 0 Å². The van der Waals surface area contributed by atoms with Crippen molar-refractivity contribution in [1.29, 1.82) is 0 Å². The molecule has 8 nitrogen and oxygen atoms in total. The van der Waals surface area contributed by atoms with Crippen molar-refractivity contribution in [2.45, 2.75) is 0 Å². The zero-order valence-electron chi connectivity index (χ0n) is 10.4. The molecule has 0 heterocycles. The molecule has 0 spiro atoms. The van der Waals surface area contributed by atoms with Gasteiger partial charge < -0.3 is 19.4 Å². The number of rotatable bonds is 5. The van der Waals surface area contributed by atoms with Crippen molar-refractivity contribution in [3.63, 3.8) is 0 Å². The molecular formula is C12H14N4O4. The highest BCUT2D eigenvalue weighted by Crippen LogP contribution is 2.48. The third-order valence-electron chi connectivity index (χ3n) is 2.72. The third kappa shape index (κ3) is 2.31. The minimum absolute atomic E-state index is 0.0307. The molecule has 0 saturated heterocycles. The fourth-order valence-electron chi connectivity index (χ4n) is 1.85. The Bertz CT molecular complexity index is 592. The van der Waals surface area contributed by atoms with E-state index in [0.717, 1.165) is 5.56 Å². The van der Waals surface area contributed by atoms with Crippen LogP contribution in [0.4, 0.5) is 0 Å². The molecule has 20 heavy (non-hydrogen) atoms. The molecule has 0 bridgehead atoms. The first-order valence-corrected chi connectivity index (χ1v) is 5.50. The normalized spacial score (nSPS) is 10.0. The van der Waals surface area contributed by atoms with Crippen molar-refractivity contribution in [2.24, 2.45) is 23.6 Å². The van der Waals surface area contributed by atoms with Crippen LogP contribution in [-0.4, -0.2) is 0 Å². The molecule has 0 unspecified atom stereocenters. The largest absolute Gasteiger partial charge is 0.407 e. The van der Waals surface area contributed by atoms with Crippen molar-refractivity contribution in [2.75, 3.05) is 0 Å². The van der Waals surface area contributed by atoms with Gasteiger partial charge in [-0.05, 0) is 11.6 Å². The average Bonchev–Trinajstić information content (AvgIpc) is 2.53. The zero-order valence-corrected chi connectivity index (χ0v) is 10.4. The van der Waals surface area contributed by atoms with E-state index >= 15 is 0 Å². The van der Waals surface area contributed by atoms with Crippen LogP contribution in [0.5, 0.6) is 23.0 Å². The lowest BCUT2D eigenvalue weighted by Crippen LogP contribution is -2.15. The fraction of sp³-hybridized carbons (Fsp3) is 0. The monoisotopic (exact) mass is 278 g/mol. The number of hydrogen-bond donors (Lipinski definition) is 4. The summed E-state index contributed by atoms with van der Waals surface area (Å²) < 4.78 is 0. The molecule has 2 rings (SSSR count). The molecule has 2 aromatic carbocycles. The van der Waals surface area contributed by atoms with Crippen molar-refractivity contribution in [3.05, 3.63) is 36.4 Å². The van der Waals surface area contributed by atoms with E-state index in [-0.39, 0.29) is 23.0 Å². The highest BCUT2D eigenvalue weighted by atomic mass is 16.7. The van der Waals surface area contributed by atoms with Crippen LogP contribution in [0, 0.1) is 0 Å². The molecule has 0 aliphatic heterocycles. The van der Waals surface area contributed by atoms with Crippen LogP contribution in [0.15, 0.2) is 36.4 Å². The summed E-state index contributed by atoms with van der Waals surface area (Å²) in [5.74, 6) is 21.0. The van der Waals surface area contributed by atoms with Gasteiger partial charge in [0.25, 0.3) is 0 Å². The number of benzene rings is 2. The maximum absolute atomic E-state index is 5.28. The topological polar surface area (TPSA) is 141 Å². The van der Waals surface area contributed by atoms with Crippen molar-refractivity contribution in [1.82, 2.24) is 0 Å². The summed E-state index contributed by atoms with van der Waals surface area (Å²) in [6.45, 7) is 0. The van der Waals surface area contributed by atoms with Gasteiger partial charge in [-0.1, -0.05) is 30.3 Å². The predicted molar refractivity (Wildman–Crippen MR) is 71.1 cm³/mol. The molecule has 2 aromatic rings. The highest BCUT2D eigenvalue weighted by Gasteiger charge is 2.24. The van der Waals surface area contributed by atoms with E-state index in [2.05, 4.69) is 4.84 Å². The van der Waals surface area contributed by atoms with Gasteiger partial charge >= 0.3 is 0 Å². The SMILES string of the molecule is NOc1cc(-c2ccccc2)c(ON)c(ON)c1ON. The second kappa shape index (κ2) is 6.08. The van der Waals surface area contributed by atoms with E-state index < -0.39 is 0 Å².